The summed E-state index contributed by atoms with van der Waals surface area (Å²) < 4.78 is 61.1. The van der Waals surface area contributed by atoms with Gasteiger partial charge in [0.2, 0.25) is 0 Å². The first-order valence-corrected chi connectivity index (χ1v) is 13.1. The first-order valence-electron chi connectivity index (χ1n) is 9.61. The summed E-state index contributed by atoms with van der Waals surface area (Å²) in [5.41, 5.74) is 0.780. The summed E-state index contributed by atoms with van der Waals surface area (Å²) in [6.07, 6.45) is -0.916. The third kappa shape index (κ3) is 3.81. The molecule has 2 aromatic rings. The molecule has 0 bridgehead atoms. The van der Waals surface area contributed by atoms with Crippen LogP contribution in [-0.2, 0) is 29.8 Å². The molecule has 32 heavy (non-hydrogen) atoms. The predicted octanol–water partition coefficient (Wildman–Crippen LogP) is 3.85. The van der Waals surface area contributed by atoms with Crippen LogP contribution in [0.15, 0.2) is 41.3 Å². The van der Waals surface area contributed by atoms with Crippen molar-refractivity contribution in [2.75, 3.05) is 23.8 Å². The summed E-state index contributed by atoms with van der Waals surface area (Å²) >= 11 is 11.8. The van der Waals surface area contributed by atoms with Crippen LogP contribution in [0, 0.1) is 5.82 Å². The Bertz CT molecular complexity index is 1270. The molecule has 1 amide bonds. The van der Waals surface area contributed by atoms with E-state index < -0.39 is 45.5 Å². The van der Waals surface area contributed by atoms with E-state index in [0.717, 1.165) is 6.07 Å². The number of hydrogen-bond acceptors (Lipinski definition) is 6. The van der Waals surface area contributed by atoms with Gasteiger partial charge in [-0.05, 0) is 42.3 Å². The number of hydrogen-bond donors (Lipinski definition) is 0. The summed E-state index contributed by atoms with van der Waals surface area (Å²) in [4.78, 5) is 13.2. The monoisotopic (exact) mass is 519 g/mol. The highest BCUT2D eigenvalue weighted by Gasteiger charge is 2.71. The molecule has 7 nitrogen and oxygen atoms in total. The van der Waals surface area contributed by atoms with Crippen LogP contribution in [0.4, 0.5) is 14.9 Å². The maximum atomic E-state index is 14.7. The highest BCUT2D eigenvalue weighted by molar-refractivity contribution is 7.94. The van der Waals surface area contributed by atoms with Crippen LogP contribution < -0.4 is 4.90 Å². The van der Waals surface area contributed by atoms with Crippen molar-refractivity contribution in [3.63, 3.8) is 0 Å². The molecule has 1 aliphatic carbocycles. The lowest BCUT2D eigenvalue weighted by atomic mass is 10.1. The molecule has 0 radical (unpaired) electrons. The molecule has 0 N–H and O–H groups in total. The lowest BCUT2D eigenvalue weighted by Crippen LogP contribution is -2.26. The Kier molecular flexibility index (Phi) is 5.29. The van der Waals surface area contributed by atoms with E-state index in [1.165, 1.54) is 23.1 Å². The summed E-state index contributed by atoms with van der Waals surface area (Å²) in [7, 11) is -5.11. The molecule has 4 atom stereocenters. The Labute approximate surface area is 196 Å². The van der Waals surface area contributed by atoms with Crippen molar-refractivity contribution in [2.45, 2.75) is 28.1 Å². The zero-order valence-electron chi connectivity index (χ0n) is 16.3. The Morgan fingerprint density at radius 1 is 1.25 bits per heavy atom. The third-order valence-corrected chi connectivity index (χ3v) is 9.81. The molecule has 12 heteroatoms. The molecule has 5 rings (SSSR count). The zero-order chi connectivity index (χ0) is 22.8. The van der Waals surface area contributed by atoms with Gasteiger partial charge >= 0.3 is 6.09 Å². The minimum atomic E-state index is -4.24. The van der Waals surface area contributed by atoms with E-state index in [1.54, 1.807) is 12.1 Å². The molecule has 1 spiro atoms. The molecule has 3 aliphatic rings. The van der Waals surface area contributed by atoms with Crippen LogP contribution in [0.3, 0.4) is 0 Å². The quantitative estimate of drug-likeness (QED) is 0.425. The summed E-state index contributed by atoms with van der Waals surface area (Å²) in [5, 5.41) is 0.119. The van der Waals surface area contributed by atoms with E-state index in [9.17, 15) is 21.8 Å². The number of amides is 1. The van der Waals surface area contributed by atoms with E-state index in [2.05, 4.69) is 0 Å². The van der Waals surface area contributed by atoms with Crippen molar-refractivity contribution in [1.82, 2.24) is 0 Å². The van der Waals surface area contributed by atoms with Crippen LogP contribution in [-0.4, -0.2) is 48.5 Å². The smallest absolute Gasteiger partial charge is 0.414 e. The van der Waals surface area contributed by atoms with Crippen LogP contribution >= 0.6 is 23.2 Å². The van der Waals surface area contributed by atoms with Crippen molar-refractivity contribution in [1.29, 1.82) is 0 Å². The Hall–Kier alpha value is -1.72. The van der Waals surface area contributed by atoms with Crippen molar-refractivity contribution in [2.24, 2.45) is 0 Å². The van der Waals surface area contributed by atoms with Crippen LogP contribution in [0.25, 0.3) is 0 Å². The highest BCUT2D eigenvalue weighted by atomic mass is 35.5. The number of benzene rings is 2. The average Bonchev–Trinajstić information content (AvgIpc) is 3.57. The second-order valence-electron chi connectivity index (χ2n) is 7.95. The number of anilines is 1. The maximum absolute atomic E-state index is 14.7. The summed E-state index contributed by atoms with van der Waals surface area (Å²) in [5.74, 6) is 0.0917. The molecule has 2 aromatic carbocycles. The van der Waals surface area contributed by atoms with Crippen molar-refractivity contribution in [3.05, 3.63) is 57.8 Å². The topological polar surface area (TPSA) is 90.0 Å². The second kappa shape index (κ2) is 7.66. The van der Waals surface area contributed by atoms with Gasteiger partial charge in [0.15, 0.2) is 0 Å². The molecule has 3 fully saturated rings. The Balaban J connectivity index is 1.25. The van der Waals surface area contributed by atoms with E-state index in [1.807, 2.05) is 0 Å². The van der Waals surface area contributed by atoms with Gasteiger partial charge in [-0.25, -0.2) is 9.18 Å². The summed E-state index contributed by atoms with van der Waals surface area (Å²) in [6, 6.07) is 8.37. The van der Waals surface area contributed by atoms with Gasteiger partial charge in [-0.3, -0.25) is 13.3 Å². The van der Waals surface area contributed by atoms with Gasteiger partial charge in [0.05, 0.1) is 22.0 Å². The van der Waals surface area contributed by atoms with Crippen molar-refractivity contribution in [3.8, 4) is 0 Å². The number of cyclic esters (lactones) is 1. The Morgan fingerprint density at radius 2 is 2.00 bits per heavy atom. The molecule has 170 valence electrons. The molecule has 2 heterocycles. The minimum Gasteiger partial charge on any atom is -0.441 e. The lowest BCUT2D eigenvalue weighted by Gasteiger charge is -2.14. The fourth-order valence-corrected chi connectivity index (χ4v) is 7.29. The van der Waals surface area contributed by atoms with Gasteiger partial charge < -0.3 is 4.74 Å². The van der Waals surface area contributed by atoms with Crippen molar-refractivity contribution < 1.29 is 30.7 Å². The molecular formula is C20H16Cl2FNO6S2. The van der Waals surface area contributed by atoms with E-state index >= 15 is 0 Å². The van der Waals surface area contributed by atoms with Gasteiger partial charge in [-0.2, -0.15) is 8.42 Å². The number of carbonyl (C=O) groups excluding carboxylic acids is 1. The molecule has 2 aliphatic heterocycles. The van der Waals surface area contributed by atoms with Crippen LogP contribution in [0.5, 0.6) is 0 Å². The molecule has 2 saturated heterocycles. The normalized spacial score (nSPS) is 28.8. The third-order valence-electron chi connectivity index (χ3n) is 5.88. The van der Waals surface area contributed by atoms with E-state index in [0.29, 0.717) is 17.7 Å². The number of carbonyl (C=O) groups is 1. The van der Waals surface area contributed by atoms with E-state index in [-0.39, 0.29) is 37.8 Å². The standard InChI is InChI=1S/C20H16Cl2FNO6S2/c21-11-1-4-16(22)18(5-11)32(27,28)29-9-13-8-24(19(25)30-13)12-2-3-14(17(23)6-12)15-7-20(15)10-31(20)26/h1-6,13,15H,7-10H2. The predicted molar refractivity (Wildman–Crippen MR) is 117 cm³/mol. The average molecular weight is 520 g/mol. The van der Waals surface area contributed by atoms with Crippen molar-refractivity contribution >= 4 is 55.9 Å². The van der Waals surface area contributed by atoms with Gasteiger partial charge in [0.1, 0.15) is 23.4 Å². The van der Waals surface area contributed by atoms with Gasteiger partial charge in [0, 0.05) is 27.5 Å². The maximum Gasteiger partial charge on any atom is 0.414 e. The number of ether oxygens (including phenoxy) is 1. The SMILES string of the molecule is O=C1OC(COS(=O)(=O)c2cc(Cl)ccc2Cl)CN1c1ccc(C2CC23CS3=O)c(F)c1. The fraction of sp³-hybridized carbons (Fsp3) is 0.350. The first-order chi connectivity index (χ1) is 15.1. The largest absolute Gasteiger partial charge is 0.441 e. The van der Waals surface area contributed by atoms with Crippen LogP contribution in [0.2, 0.25) is 10.0 Å². The lowest BCUT2D eigenvalue weighted by molar-refractivity contribution is 0.107. The fourth-order valence-electron chi connectivity index (χ4n) is 3.97. The highest BCUT2D eigenvalue weighted by Crippen LogP contribution is 2.65. The molecular weight excluding hydrogens is 504 g/mol. The number of rotatable bonds is 6. The first kappa shape index (κ1) is 22.1. The zero-order valence-corrected chi connectivity index (χ0v) is 19.4. The van der Waals surface area contributed by atoms with E-state index in [4.69, 9.17) is 32.1 Å². The van der Waals surface area contributed by atoms with Gasteiger partial charge in [0.25, 0.3) is 10.1 Å². The molecule has 4 unspecified atom stereocenters. The van der Waals surface area contributed by atoms with Gasteiger partial charge in [-0.1, -0.05) is 29.3 Å². The summed E-state index contributed by atoms with van der Waals surface area (Å²) in [6.45, 7) is -0.460. The molecule has 1 saturated carbocycles. The number of halogens is 3. The van der Waals surface area contributed by atoms with Crippen LogP contribution in [0.1, 0.15) is 17.9 Å². The Morgan fingerprint density at radius 3 is 2.66 bits per heavy atom. The number of nitrogens with zero attached hydrogens (tertiary/aromatic N) is 1. The molecule has 0 aromatic heterocycles. The minimum absolute atomic E-state index is 0.0200. The van der Waals surface area contributed by atoms with Gasteiger partial charge in [-0.15, -0.1) is 0 Å². The second-order valence-corrected chi connectivity index (χ2v) is 12.2.